The third-order valence-corrected chi connectivity index (χ3v) is 8.84. The molecule has 1 atom stereocenters. The van der Waals surface area contributed by atoms with Crippen molar-refractivity contribution in [3.05, 3.63) is 29.8 Å². The van der Waals surface area contributed by atoms with Gasteiger partial charge in [0.25, 0.3) is 11.8 Å². The molecule has 3 fully saturated rings. The van der Waals surface area contributed by atoms with Crippen LogP contribution < -0.4 is 0 Å². The molecule has 32 heavy (non-hydrogen) atoms. The topological polar surface area (TPSA) is 87.2 Å². The van der Waals surface area contributed by atoms with Crippen LogP contribution in [0.2, 0.25) is 0 Å². The van der Waals surface area contributed by atoms with Gasteiger partial charge >= 0.3 is 0 Å². The fourth-order valence-corrected chi connectivity index (χ4v) is 6.35. The Hall–Kier alpha value is -1.97. The molecule has 0 bridgehead atoms. The van der Waals surface area contributed by atoms with E-state index in [-0.39, 0.29) is 28.9 Å². The van der Waals surface area contributed by atoms with E-state index in [1.165, 1.54) is 10.4 Å². The minimum absolute atomic E-state index is 0.00781. The summed E-state index contributed by atoms with van der Waals surface area (Å²) in [6, 6.07) is 6.35. The van der Waals surface area contributed by atoms with E-state index in [2.05, 4.69) is 0 Å². The van der Waals surface area contributed by atoms with Crippen LogP contribution in [0.3, 0.4) is 0 Å². The molecule has 8 nitrogen and oxygen atoms in total. The molecular weight excluding hydrogens is 430 g/mol. The predicted octanol–water partition coefficient (Wildman–Crippen LogP) is 2.10. The summed E-state index contributed by atoms with van der Waals surface area (Å²) in [5, 5.41) is 0. The van der Waals surface area contributed by atoms with Gasteiger partial charge in [-0.1, -0.05) is 25.3 Å². The highest BCUT2D eigenvalue weighted by Crippen LogP contribution is 2.27. The van der Waals surface area contributed by atoms with Crippen LogP contribution in [0.1, 0.15) is 55.3 Å². The Balaban J connectivity index is 1.40. The lowest BCUT2D eigenvalue weighted by Gasteiger charge is -2.35. The van der Waals surface area contributed by atoms with Crippen molar-refractivity contribution in [2.45, 2.75) is 62.0 Å². The first-order valence-electron chi connectivity index (χ1n) is 11.7. The summed E-state index contributed by atoms with van der Waals surface area (Å²) in [5.41, 5.74) is 0.363. The lowest BCUT2D eigenvalue weighted by atomic mass is 9.96. The Morgan fingerprint density at radius 3 is 2.31 bits per heavy atom. The second kappa shape index (κ2) is 9.89. The van der Waals surface area contributed by atoms with Crippen LogP contribution in [0.5, 0.6) is 0 Å². The van der Waals surface area contributed by atoms with Gasteiger partial charge in [-0.25, -0.2) is 8.42 Å². The number of hydrogen-bond acceptors (Lipinski definition) is 5. The number of piperazine rings is 1. The van der Waals surface area contributed by atoms with Crippen molar-refractivity contribution in [3.63, 3.8) is 0 Å². The fourth-order valence-electron chi connectivity index (χ4n) is 4.89. The molecule has 1 aliphatic carbocycles. The van der Waals surface area contributed by atoms with Gasteiger partial charge in [-0.3, -0.25) is 9.59 Å². The normalized spacial score (nSPS) is 23.0. The van der Waals surface area contributed by atoms with Gasteiger partial charge < -0.3 is 14.5 Å². The molecule has 2 aliphatic heterocycles. The van der Waals surface area contributed by atoms with E-state index in [0.29, 0.717) is 38.3 Å². The first kappa shape index (κ1) is 23.2. The maximum absolute atomic E-state index is 13.2. The van der Waals surface area contributed by atoms with Crippen molar-refractivity contribution in [1.82, 2.24) is 14.1 Å². The lowest BCUT2D eigenvalue weighted by Crippen LogP contribution is -2.52. The average Bonchev–Trinajstić information content (AvgIpc) is 3.38. The van der Waals surface area contributed by atoms with Crippen molar-refractivity contribution >= 4 is 21.8 Å². The van der Waals surface area contributed by atoms with Gasteiger partial charge in [0.1, 0.15) is 6.10 Å². The highest BCUT2D eigenvalue weighted by Gasteiger charge is 2.33. The standard InChI is InChI=1S/C23H33N3O5S/c1-24(19-8-3-2-4-9-19)32(29,30)20-10-5-7-18(17-20)22(27)25-12-14-26(15-13-25)23(28)21-11-6-16-31-21/h5,7,10,17,19,21H,2-4,6,8-9,11-16H2,1H3/t21-/m1/s1. The van der Waals surface area contributed by atoms with Crippen LogP contribution in [0.25, 0.3) is 0 Å². The molecular formula is C23H33N3O5S. The number of hydrogen-bond donors (Lipinski definition) is 0. The van der Waals surface area contributed by atoms with Crippen LogP contribution in [0, 0.1) is 0 Å². The molecule has 2 amide bonds. The van der Waals surface area contributed by atoms with Crippen LogP contribution >= 0.6 is 0 Å². The Bertz CT molecular complexity index is 931. The van der Waals surface area contributed by atoms with Crippen molar-refractivity contribution in [3.8, 4) is 0 Å². The third-order valence-electron chi connectivity index (χ3n) is 6.93. The number of benzene rings is 1. The summed E-state index contributed by atoms with van der Waals surface area (Å²) in [5.74, 6) is -0.194. The van der Waals surface area contributed by atoms with Gasteiger partial charge in [0.05, 0.1) is 4.90 Å². The summed E-state index contributed by atoms with van der Waals surface area (Å²) < 4.78 is 33.3. The summed E-state index contributed by atoms with van der Waals surface area (Å²) in [4.78, 5) is 29.2. The van der Waals surface area contributed by atoms with Crippen LogP contribution in [-0.4, -0.2) is 86.3 Å². The van der Waals surface area contributed by atoms with Gasteiger partial charge in [0.2, 0.25) is 10.0 Å². The van der Waals surface area contributed by atoms with Crippen molar-refractivity contribution in [2.75, 3.05) is 39.8 Å². The van der Waals surface area contributed by atoms with E-state index in [9.17, 15) is 18.0 Å². The molecule has 0 N–H and O–H groups in total. The fraction of sp³-hybridized carbons (Fsp3) is 0.652. The van der Waals surface area contributed by atoms with E-state index >= 15 is 0 Å². The van der Waals surface area contributed by atoms with Crippen molar-refractivity contribution in [2.24, 2.45) is 0 Å². The largest absolute Gasteiger partial charge is 0.368 e. The van der Waals surface area contributed by atoms with Gasteiger partial charge in [-0.05, 0) is 43.9 Å². The van der Waals surface area contributed by atoms with Crippen LogP contribution in [-0.2, 0) is 19.6 Å². The molecule has 1 saturated carbocycles. The van der Waals surface area contributed by atoms with E-state index in [1.54, 1.807) is 35.0 Å². The molecule has 0 unspecified atom stereocenters. The molecule has 3 aliphatic rings. The number of rotatable bonds is 5. The minimum atomic E-state index is -3.66. The number of carbonyl (C=O) groups excluding carboxylic acids is 2. The Kier molecular flexibility index (Phi) is 7.17. The van der Waals surface area contributed by atoms with E-state index in [4.69, 9.17) is 4.74 Å². The average molecular weight is 464 g/mol. The maximum Gasteiger partial charge on any atom is 0.254 e. The second-order valence-corrected chi connectivity index (χ2v) is 11.0. The first-order chi connectivity index (χ1) is 15.4. The molecule has 4 rings (SSSR count). The molecule has 0 aromatic heterocycles. The second-order valence-electron chi connectivity index (χ2n) is 8.96. The van der Waals surface area contributed by atoms with E-state index in [1.807, 2.05) is 0 Å². The van der Waals surface area contributed by atoms with Crippen LogP contribution in [0.15, 0.2) is 29.2 Å². The predicted molar refractivity (Wildman–Crippen MR) is 120 cm³/mol. The summed E-state index contributed by atoms with van der Waals surface area (Å²) in [6.07, 6.45) is 6.32. The van der Waals surface area contributed by atoms with Gasteiger partial charge in [0.15, 0.2) is 0 Å². The third kappa shape index (κ3) is 4.84. The molecule has 0 spiro atoms. The lowest BCUT2D eigenvalue weighted by molar-refractivity contribution is -0.142. The van der Waals surface area contributed by atoms with Crippen molar-refractivity contribution in [1.29, 1.82) is 0 Å². The summed E-state index contributed by atoms with van der Waals surface area (Å²) in [7, 11) is -2.02. The molecule has 2 heterocycles. The monoisotopic (exact) mass is 463 g/mol. The zero-order valence-corrected chi connectivity index (χ0v) is 19.6. The van der Waals surface area contributed by atoms with Crippen molar-refractivity contribution < 1.29 is 22.7 Å². The zero-order chi connectivity index (χ0) is 22.7. The number of carbonyl (C=O) groups is 2. The van der Waals surface area contributed by atoms with Gasteiger partial charge in [-0.2, -0.15) is 4.31 Å². The smallest absolute Gasteiger partial charge is 0.254 e. The van der Waals surface area contributed by atoms with Crippen LogP contribution in [0.4, 0.5) is 0 Å². The highest BCUT2D eigenvalue weighted by molar-refractivity contribution is 7.89. The minimum Gasteiger partial charge on any atom is -0.368 e. The summed E-state index contributed by atoms with van der Waals surface area (Å²) >= 11 is 0. The van der Waals surface area contributed by atoms with E-state index < -0.39 is 10.0 Å². The summed E-state index contributed by atoms with van der Waals surface area (Å²) in [6.45, 7) is 2.41. The molecule has 176 valence electrons. The zero-order valence-electron chi connectivity index (χ0n) is 18.7. The number of ether oxygens (including phenoxy) is 1. The number of nitrogens with zero attached hydrogens (tertiary/aromatic N) is 3. The molecule has 0 radical (unpaired) electrons. The van der Waals surface area contributed by atoms with Gasteiger partial charge in [0, 0.05) is 51.4 Å². The quantitative estimate of drug-likeness (QED) is 0.667. The molecule has 1 aromatic rings. The van der Waals surface area contributed by atoms with E-state index in [0.717, 1.165) is 44.9 Å². The Labute approximate surface area is 190 Å². The molecule has 2 saturated heterocycles. The molecule has 1 aromatic carbocycles. The maximum atomic E-state index is 13.2. The first-order valence-corrected chi connectivity index (χ1v) is 13.1. The SMILES string of the molecule is CN(C1CCCCC1)S(=O)(=O)c1cccc(C(=O)N2CCN(C(=O)[C@H]3CCCO3)CC2)c1. The Morgan fingerprint density at radius 1 is 0.969 bits per heavy atom. The number of amides is 2. The highest BCUT2D eigenvalue weighted by atomic mass is 32.2. The Morgan fingerprint density at radius 2 is 1.66 bits per heavy atom. The molecule has 9 heteroatoms. The number of sulfonamides is 1. The van der Waals surface area contributed by atoms with Gasteiger partial charge in [-0.15, -0.1) is 0 Å².